The van der Waals surface area contributed by atoms with Crippen molar-refractivity contribution < 1.29 is 4.79 Å². The number of carbonyl (C=O) groups excluding carboxylic acids is 1. The van der Waals surface area contributed by atoms with Gasteiger partial charge in [-0.15, -0.1) is 21.5 Å². The minimum Gasteiger partial charge on any atom is -0.346 e. The molecule has 9 heteroatoms. The lowest BCUT2D eigenvalue weighted by atomic mass is 9.97. The van der Waals surface area contributed by atoms with E-state index in [9.17, 15) is 9.59 Å². The predicted octanol–water partition coefficient (Wildman–Crippen LogP) is 2.92. The SMILES string of the molecule is C[C@@H](NC(=O)CCn1cnc2sc3c(c2c1=O)CCCC3)c1nnc2n1CCCCC2. The molecule has 5 rings (SSSR count). The van der Waals surface area contributed by atoms with E-state index < -0.39 is 0 Å². The van der Waals surface area contributed by atoms with Crippen molar-refractivity contribution >= 4 is 27.5 Å². The van der Waals surface area contributed by atoms with E-state index in [2.05, 4.69) is 25.1 Å². The molecule has 0 saturated carbocycles. The topological polar surface area (TPSA) is 94.7 Å². The lowest BCUT2D eigenvalue weighted by molar-refractivity contribution is -0.122. The van der Waals surface area contributed by atoms with Crippen LogP contribution in [0.4, 0.5) is 0 Å². The highest BCUT2D eigenvalue weighted by Gasteiger charge is 2.22. The molecule has 1 aliphatic heterocycles. The van der Waals surface area contributed by atoms with Crippen molar-refractivity contribution in [2.75, 3.05) is 0 Å². The lowest BCUT2D eigenvalue weighted by Crippen LogP contribution is -2.31. The smallest absolute Gasteiger partial charge is 0.262 e. The molecule has 4 heterocycles. The second-order valence-corrected chi connectivity index (χ2v) is 9.69. The molecule has 164 valence electrons. The number of fused-ring (bicyclic) bond motifs is 4. The van der Waals surface area contributed by atoms with Crippen LogP contribution in [0.5, 0.6) is 0 Å². The van der Waals surface area contributed by atoms with Crippen molar-refractivity contribution in [2.45, 2.75) is 83.8 Å². The number of thiophene rings is 1. The van der Waals surface area contributed by atoms with E-state index in [1.807, 2.05) is 6.92 Å². The van der Waals surface area contributed by atoms with Gasteiger partial charge in [0.25, 0.3) is 5.56 Å². The van der Waals surface area contributed by atoms with Crippen LogP contribution in [0.2, 0.25) is 0 Å². The Balaban J connectivity index is 1.27. The molecule has 0 unspecified atom stereocenters. The quantitative estimate of drug-likeness (QED) is 0.658. The summed E-state index contributed by atoms with van der Waals surface area (Å²) in [7, 11) is 0. The number of aryl methyl sites for hydroxylation is 4. The summed E-state index contributed by atoms with van der Waals surface area (Å²) in [5.41, 5.74) is 1.16. The third-order valence-electron chi connectivity index (χ3n) is 6.42. The zero-order chi connectivity index (χ0) is 21.4. The van der Waals surface area contributed by atoms with Crippen molar-refractivity contribution in [3.63, 3.8) is 0 Å². The molecule has 1 aliphatic carbocycles. The molecule has 31 heavy (non-hydrogen) atoms. The fourth-order valence-electron chi connectivity index (χ4n) is 4.77. The molecule has 2 aliphatic rings. The Morgan fingerprint density at radius 3 is 2.90 bits per heavy atom. The molecule has 0 spiro atoms. The Morgan fingerprint density at radius 2 is 2.00 bits per heavy atom. The van der Waals surface area contributed by atoms with Gasteiger partial charge < -0.3 is 9.88 Å². The van der Waals surface area contributed by atoms with Gasteiger partial charge in [-0.2, -0.15) is 0 Å². The molecule has 3 aromatic rings. The molecule has 0 saturated heterocycles. The molecule has 3 aromatic heterocycles. The summed E-state index contributed by atoms with van der Waals surface area (Å²) in [5, 5.41) is 12.4. The predicted molar refractivity (Wildman–Crippen MR) is 119 cm³/mol. The van der Waals surface area contributed by atoms with Gasteiger partial charge in [0.1, 0.15) is 10.7 Å². The summed E-state index contributed by atoms with van der Waals surface area (Å²) in [6, 6.07) is -0.215. The number of rotatable bonds is 5. The largest absolute Gasteiger partial charge is 0.346 e. The summed E-state index contributed by atoms with van der Waals surface area (Å²) in [6.45, 7) is 3.17. The van der Waals surface area contributed by atoms with Crippen LogP contribution in [0, 0.1) is 0 Å². The summed E-state index contributed by atoms with van der Waals surface area (Å²) in [6.07, 6.45) is 10.5. The van der Waals surface area contributed by atoms with Crippen LogP contribution in [0.15, 0.2) is 11.1 Å². The number of carbonyl (C=O) groups is 1. The second kappa shape index (κ2) is 8.53. The first kappa shape index (κ1) is 20.4. The number of nitrogens with zero attached hydrogens (tertiary/aromatic N) is 5. The number of aromatic nitrogens is 5. The molecule has 0 fully saturated rings. The van der Waals surface area contributed by atoms with Crippen LogP contribution in [-0.4, -0.2) is 30.2 Å². The van der Waals surface area contributed by atoms with Crippen molar-refractivity contribution in [1.29, 1.82) is 0 Å². The van der Waals surface area contributed by atoms with Gasteiger partial charge in [0.05, 0.1) is 17.8 Å². The van der Waals surface area contributed by atoms with E-state index in [1.54, 1.807) is 22.2 Å². The van der Waals surface area contributed by atoms with Crippen molar-refractivity contribution in [1.82, 2.24) is 29.6 Å². The molecule has 1 atom stereocenters. The van der Waals surface area contributed by atoms with E-state index in [1.165, 1.54) is 23.3 Å². The maximum atomic E-state index is 13.1. The number of hydrogen-bond acceptors (Lipinski definition) is 6. The van der Waals surface area contributed by atoms with Crippen LogP contribution in [0.1, 0.15) is 73.6 Å². The summed E-state index contributed by atoms with van der Waals surface area (Å²) >= 11 is 1.65. The van der Waals surface area contributed by atoms with Gasteiger partial charge >= 0.3 is 0 Å². The monoisotopic (exact) mass is 440 g/mol. The van der Waals surface area contributed by atoms with Gasteiger partial charge in [-0.05, 0) is 51.0 Å². The van der Waals surface area contributed by atoms with Crippen LogP contribution in [-0.2, 0) is 37.1 Å². The third-order valence-corrected chi connectivity index (χ3v) is 7.62. The van der Waals surface area contributed by atoms with E-state index in [4.69, 9.17) is 0 Å². The fraction of sp³-hybridized carbons (Fsp3) is 0.591. The molecule has 0 aromatic carbocycles. The number of hydrogen-bond donors (Lipinski definition) is 1. The van der Waals surface area contributed by atoms with Crippen molar-refractivity contribution in [3.05, 3.63) is 38.8 Å². The maximum absolute atomic E-state index is 13.1. The molecule has 1 N–H and O–H groups in total. The number of amides is 1. The van der Waals surface area contributed by atoms with Crippen molar-refractivity contribution in [3.8, 4) is 0 Å². The average molecular weight is 441 g/mol. The molecule has 1 amide bonds. The number of nitrogens with one attached hydrogen (secondary N) is 1. The standard InChI is InChI=1S/C22H28N6O2S/c1-14(20-26-25-17-9-3-2-6-11-28(17)20)24-18(29)10-12-27-13-23-21-19(22(27)30)15-7-4-5-8-16(15)31-21/h13-14H,2-12H2,1H3,(H,24,29)/t14-/m1/s1. The third kappa shape index (κ3) is 3.91. The first-order chi connectivity index (χ1) is 15.1. The highest BCUT2D eigenvalue weighted by Crippen LogP contribution is 2.33. The van der Waals surface area contributed by atoms with Crippen LogP contribution >= 0.6 is 11.3 Å². The minimum atomic E-state index is -0.215. The van der Waals surface area contributed by atoms with Gasteiger partial charge in [-0.1, -0.05) is 6.42 Å². The first-order valence-electron chi connectivity index (χ1n) is 11.3. The molecular weight excluding hydrogens is 412 g/mol. The first-order valence-corrected chi connectivity index (χ1v) is 12.1. The summed E-state index contributed by atoms with van der Waals surface area (Å²) < 4.78 is 3.73. The van der Waals surface area contributed by atoms with E-state index in [-0.39, 0.29) is 23.9 Å². The second-order valence-electron chi connectivity index (χ2n) is 8.61. The zero-order valence-corrected chi connectivity index (χ0v) is 18.7. The van der Waals surface area contributed by atoms with Crippen LogP contribution in [0.3, 0.4) is 0 Å². The Kier molecular flexibility index (Phi) is 5.60. The summed E-state index contributed by atoms with van der Waals surface area (Å²) in [5.74, 6) is 1.73. The highest BCUT2D eigenvalue weighted by atomic mass is 32.1. The molecule has 0 bridgehead atoms. The van der Waals surface area contributed by atoms with Crippen molar-refractivity contribution in [2.24, 2.45) is 0 Å². The fourth-order valence-corrected chi connectivity index (χ4v) is 5.99. The average Bonchev–Trinajstić information content (AvgIpc) is 3.27. The van der Waals surface area contributed by atoms with Gasteiger partial charge in [-0.3, -0.25) is 14.2 Å². The zero-order valence-electron chi connectivity index (χ0n) is 17.9. The van der Waals surface area contributed by atoms with E-state index in [0.29, 0.717) is 6.54 Å². The summed E-state index contributed by atoms with van der Waals surface area (Å²) in [4.78, 5) is 32.3. The normalized spacial score (nSPS) is 17.1. The van der Waals surface area contributed by atoms with Crippen LogP contribution < -0.4 is 10.9 Å². The molecular formula is C22H28N6O2S. The van der Waals surface area contributed by atoms with Gasteiger partial charge in [0.2, 0.25) is 5.91 Å². The van der Waals surface area contributed by atoms with Gasteiger partial charge in [0, 0.05) is 30.8 Å². The van der Waals surface area contributed by atoms with E-state index >= 15 is 0 Å². The van der Waals surface area contributed by atoms with Crippen LogP contribution in [0.25, 0.3) is 10.2 Å². The van der Waals surface area contributed by atoms with Gasteiger partial charge in [0.15, 0.2) is 5.82 Å². The Hall–Kier alpha value is -2.55. The minimum absolute atomic E-state index is 0.0203. The molecule has 0 radical (unpaired) electrons. The maximum Gasteiger partial charge on any atom is 0.262 e. The van der Waals surface area contributed by atoms with Gasteiger partial charge in [-0.25, -0.2) is 4.98 Å². The lowest BCUT2D eigenvalue weighted by Gasteiger charge is -2.15. The Bertz CT molecular complexity index is 1180. The highest BCUT2D eigenvalue weighted by molar-refractivity contribution is 7.18. The Morgan fingerprint density at radius 1 is 1.16 bits per heavy atom. The Labute approximate surface area is 184 Å². The molecule has 8 nitrogen and oxygen atoms in total. The van der Waals surface area contributed by atoms with E-state index in [0.717, 1.165) is 66.9 Å².